The molecule has 0 spiro atoms. The van der Waals surface area contributed by atoms with Crippen LogP contribution in [-0.2, 0) is 4.79 Å². The number of aromatic nitrogens is 1. The van der Waals surface area contributed by atoms with E-state index >= 15 is 0 Å². The molecule has 0 aliphatic heterocycles. The molecule has 3 rings (SSSR count). The van der Waals surface area contributed by atoms with Crippen LogP contribution < -0.4 is 15.8 Å². The van der Waals surface area contributed by atoms with Gasteiger partial charge in [-0.3, -0.25) is 9.78 Å². The first kappa shape index (κ1) is 21.2. The van der Waals surface area contributed by atoms with Gasteiger partial charge in [-0.05, 0) is 61.7 Å². The molecule has 25 heavy (non-hydrogen) atoms. The summed E-state index contributed by atoms with van der Waals surface area (Å²) in [7, 11) is 0. The van der Waals surface area contributed by atoms with Gasteiger partial charge in [-0.25, -0.2) is 0 Å². The third kappa shape index (κ3) is 5.59. The molecule has 136 valence electrons. The molecule has 1 amide bonds. The molecule has 1 aromatic carbocycles. The lowest BCUT2D eigenvalue weighted by Gasteiger charge is -2.17. The van der Waals surface area contributed by atoms with Crippen molar-refractivity contribution < 1.29 is 9.53 Å². The first-order chi connectivity index (χ1) is 11.3. The Hall–Kier alpha value is -1.82. The van der Waals surface area contributed by atoms with Gasteiger partial charge in [-0.15, -0.1) is 24.8 Å². The lowest BCUT2D eigenvalue weighted by molar-refractivity contribution is -0.120. The number of anilines is 1. The molecule has 2 aromatic rings. The highest BCUT2D eigenvalue weighted by Gasteiger charge is 2.31. The van der Waals surface area contributed by atoms with E-state index in [1.165, 1.54) is 0 Å². The van der Waals surface area contributed by atoms with E-state index in [9.17, 15) is 4.79 Å². The second kappa shape index (κ2) is 10.2. The highest BCUT2D eigenvalue weighted by Crippen LogP contribution is 2.32. The summed E-state index contributed by atoms with van der Waals surface area (Å²) in [6.07, 6.45) is 6.42. The van der Waals surface area contributed by atoms with Crippen LogP contribution in [0.2, 0.25) is 0 Å². The maximum Gasteiger partial charge on any atom is 0.227 e. The Bertz CT molecular complexity index is 653. The molecule has 1 fully saturated rings. The van der Waals surface area contributed by atoms with Crippen molar-refractivity contribution in [1.82, 2.24) is 4.98 Å². The Morgan fingerprint density at radius 2 is 1.72 bits per heavy atom. The van der Waals surface area contributed by atoms with Crippen LogP contribution in [0.15, 0.2) is 48.8 Å². The number of benzene rings is 1. The Morgan fingerprint density at radius 1 is 1.08 bits per heavy atom. The van der Waals surface area contributed by atoms with E-state index in [1.807, 2.05) is 24.3 Å². The van der Waals surface area contributed by atoms with Crippen molar-refractivity contribution in [2.75, 3.05) is 11.9 Å². The van der Waals surface area contributed by atoms with E-state index in [0.29, 0.717) is 12.5 Å². The molecule has 1 aliphatic rings. The van der Waals surface area contributed by atoms with Crippen LogP contribution in [0.3, 0.4) is 0 Å². The van der Waals surface area contributed by atoms with Gasteiger partial charge in [0.1, 0.15) is 11.5 Å². The molecule has 1 heterocycles. The molecule has 0 bridgehead atoms. The van der Waals surface area contributed by atoms with Gasteiger partial charge in [0.15, 0.2) is 0 Å². The SMILES string of the molecule is Cl.Cl.NC[C@H]1CCC[C@H]1C(=O)Nc1ccc(Oc2ccncc2)cc1. The van der Waals surface area contributed by atoms with Crippen LogP contribution >= 0.6 is 24.8 Å². The van der Waals surface area contributed by atoms with Crippen molar-refractivity contribution in [2.45, 2.75) is 19.3 Å². The first-order valence-electron chi connectivity index (χ1n) is 7.95. The Labute approximate surface area is 160 Å². The zero-order valence-electron chi connectivity index (χ0n) is 13.8. The number of carbonyl (C=O) groups excluding carboxylic acids is 1. The number of nitrogens with zero attached hydrogens (tertiary/aromatic N) is 1. The topological polar surface area (TPSA) is 77.2 Å². The average molecular weight is 384 g/mol. The summed E-state index contributed by atoms with van der Waals surface area (Å²) in [4.78, 5) is 16.3. The normalized spacial score (nSPS) is 18.6. The Kier molecular flexibility index (Phi) is 8.69. The molecular weight excluding hydrogens is 361 g/mol. The predicted molar refractivity (Wildman–Crippen MR) is 104 cm³/mol. The maximum atomic E-state index is 12.4. The van der Waals surface area contributed by atoms with E-state index in [2.05, 4.69) is 10.3 Å². The Balaban J connectivity index is 0.00000156. The van der Waals surface area contributed by atoms with Crippen LogP contribution in [0.25, 0.3) is 0 Å². The second-order valence-electron chi connectivity index (χ2n) is 5.83. The molecular formula is C18H23Cl2N3O2. The van der Waals surface area contributed by atoms with Gasteiger partial charge in [-0.1, -0.05) is 6.42 Å². The van der Waals surface area contributed by atoms with Gasteiger partial charge < -0.3 is 15.8 Å². The van der Waals surface area contributed by atoms with Crippen LogP contribution in [0, 0.1) is 11.8 Å². The predicted octanol–water partition coefficient (Wildman–Crippen LogP) is 4.03. The summed E-state index contributed by atoms with van der Waals surface area (Å²) >= 11 is 0. The molecule has 7 heteroatoms. The van der Waals surface area contributed by atoms with Gasteiger partial charge in [0.2, 0.25) is 5.91 Å². The second-order valence-corrected chi connectivity index (χ2v) is 5.83. The summed E-state index contributed by atoms with van der Waals surface area (Å²) in [5, 5.41) is 2.98. The number of halogens is 2. The van der Waals surface area contributed by atoms with Gasteiger partial charge in [0.05, 0.1) is 0 Å². The number of nitrogens with one attached hydrogen (secondary N) is 1. The Morgan fingerprint density at radius 3 is 2.36 bits per heavy atom. The zero-order chi connectivity index (χ0) is 16.1. The average Bonchev–Trinajstić information content (AvgIpc) is 3.06. The molecule has 0 unspecified atom stereocenters. The van der Waals surface area contributed by atoms with Gasteiger partial charge >= 0.3 is 0 Å². The van der Waals surface area contributed by atoms with E-state index < -0.39 is 0 Å². The zero-order valence-corrected chi connectivity index (χ0v) is 15.4. The highest BCUT2D eigenvalue weighted by atomic mass is 35.5. The third-order valence-corrected chi connectivity index (χ3v) is 4.31. The summed E-state index contributed by atoms with van der Waals surface area (Å²) in [5.74, 6) is 1.86. The summed E-state index contributed by atoms with van der Waals surface area (Å²) in [6, 6.07) is 11.0. The van der Waals surface area contributed by atoms with Crippen LogP contribution in [0.5, 0.6) is 11.5 Å². The van der Waals surface area contributed by atoms with E-state index in [4.69, 9.17) is 10.5 Å². The number of ether oxygens (including phenoxy) is 1. The van der Waals surface area contributed by atoms with Crippen molar-refractivity contribution in [1.29, 1.82) is 0 Å². The molecule has 5 nitrogen and oxygen atoms in total. The number of amides is 1. The van der Waals surface area contributed by atoms with E-state index in [0.717, 1.165) is 36.4 Å². The van der Waals surface area contributed by atoms with Crippen LogP contribution in [0.4, 0.5) is 5.69 Å². The minimum Gasteiger partial charge on any atom is -0.457 e. The van der Waals surface area contributed by atoms with E-state index in [1.54, 1.807) is 24.5 Å². The number of nitrogens with two attached hydrogens (primary N) is 1. The minimum atomic E-state index is 0. The number of hydrogen-bond donors (Lipinski definition) is 2. The number of pyridine rings is 1. The lowest BCUT2D eigenvalue weighted by atomic mass is 9.95. The smallest absolute Gasteiger partial charge is 0.227 e. The minimum absolute atomic E-state index is 0. The summed E-state index contributed by atoms with van der Waals surface area (Å²) in [5.41, 5.74) is 6.53. The molecule has 1 aliphatic carbocycles. The number of carbonyl (C=O) groups is 1. The van der Waals surface area contributed by atoms with E-state index in [-0.39, 0.29) is 36.6 Å². The quantitative estimate of drug-likeness (QED) is 0.816. The summed E-state index contributed by atoms with van der Waals surface area (Å²) < 4.78 is 5.70. The molecule has 3 N–H and O–H groups in total. The lowest BCUT2D eigenvalue weighted by Crippen LogP contribution is -2.29. The van der Waals surface area contributed by atoms with Gasteiger partial charge in [-0.2, -0.15) is 0 Å². The fourth-order valence-electron chi connectivity index (χ4n) is 3.05. The molecule has 1 aromatic heterocycles. The summed E-state index contributed by atoms with van der Waals surface area (Å²) in [6.45, 7) is 0.580. The number of rotatable bonds is 5. The van der Waals surface area contributed by atoms with Crippen molar-refractivity contribution in [3.05, 3.63) is 48.8 Å². The monoisotopic (exact) mass is 383 g/mol. The fourth-order valence-corrected chi connectivity index (χ4v) is 3.05. The van der Waals surface area contributed by atoms with Crippen molar-refractivity contribution >= 4 is 36.4 Å². The van der Waals surface area contributed by atoms with Crippen molar-refractivity contribution in [3.63, 3.8) is 0 Å². The molecule has 1 saturated carbocycles. The first-order valence-corrected chi connectivity index (χ1v) is 7.95. The van der Waals surface area contributed by atoms with Crippen LogP contribution in [0.1, 0.15) is 19.3 Å². The third-order valence-electron chi connectivity index (χ3n) is 4.31. The maximum absolute atomic E-state index is 12.4. The van der Waals surface area contributed by atoms with Gasteiger partial charge in [0, 0.05) is 24.0 Å². The highest BCUT2D eigenvalue weighted by molar-refractivity contribution is 5.93. The standard InChI is InChI=1S/C18H21N3O2.2ClH/c19-12-13-2-1-3-17(13)18(22)21-14-4-6-15(7-5-14)23-16-8-10-20-11-9-16;;/h4-11,13,17H,1-3,12,19H2,(H,21,22);2*1H/t13-,17-;;/m1../s1. The largest absolute Gasteiger partial charge is 0.457 e. The van der Waals surface area contributed by atoms with Gasteiger partial charge in [0.25, 0.3) is 0 Å². The number of hydrogen-bond acceptors (Lipinski definition) is 4. The molecule has 2 atom stereocenters. The molecule has 0 radical (unpaired) electrons. The van der Waals surface area contributed by atoms with Crippen molar-refractivity contribution in [3.8, 4) is 11.5 Å². The van der Waals surface area contributed by atoms with Crippen molar-refractivity contribution in [2.24, 2.45) is 17.6 Å². The fraction of sp³-hybridized carbons (Fsp3) is 0.333. The molecule has 0 saturated heterocycles. The van der Waals surface area contributed by atoms with Crippen LogP contribution in [-0.4, -0.2) is 17.4 Å².